The van der Waals surface area contributed by atoms with Gasteiger partial charge >= 0.3 is 0 Å². The lowest BCUT2D eigenvalue weighted by molar-refractivity contribution is 0.339. The number of ether oxygens (including phenoxy) is 2. The van der Waals surface area contributed by atoms with Crippen molar-refractivity contribution in [3.05, 3.63) is 21.2 Å². The highest BCUT2D eigenvalue weighted by Crippen LogP contribution is 2.48. The predicted molar refractivity (Wildman–Crippen MR) is 81.8 cm³/mol. The third kappa shape index (κ3) is 2.04. The number of nitrogens with one attached hydrogen (secondary N) is 1. The Morgan fingerprint density at radius 1 is 1.00 bits per heavy atom. The molecular formula is C16H20BrNO2. The summed E-state index contributed by atoms with van der Waals surface area (Å²) >= 11 is 3.73. The Kier molecular flexibility index (Phi) is 3.39. The second-order valence-corrected chi connectivity index (χ2v) is 6.80. The molecule has 0 amide bonds. The molecule has 3 heterocycles. The number of benzene rings is 1. The molecule has 0 radical (unpaired) electrons. The van der Waals surface area contributed by atoms with Crippen LogP contribution in [0.5, 0.6) is 11.5 Å². The first kappa shape index (κ1) is 13.0. The van der Waals surface area contributed by atoms with Crippen LogP contribution in [0.4, 0.5) is 0 Å². The summed E-state index contributed by atoms with van der Waals surface area (Å²) in [5.41, 5.74) is 4.17. The molecule has 20 heavy (non-hydrogen) atoms. The first-order chi connectivity index (χ1) is 9.84. The maximum absolute atomic E-state index is 5.98. The van der Waals surface area contributed by atoms with Gasteiger partial charge in [0, 0.05) is 29.5 Å². The summed E-state index contributed by atoms with van der Waals surface area (Å²) < 4.78 is 13.0. The van der Waals surface area contributed by atoms with Gasteiger partial charge in [0.1, 0.15) is 11.5 Å². The molecule has 0 aromatic heterocycles. The topological polar surface area (TPSA) is 30.5 Å². The van der Waals surface area contributed by atoms with E-state index in [1.165, 1.54) is 35.3 Å². The second-order valence-electron chi connectivity index (χ2n) is 6.00. The van der Waals surface area contributed by atoms with Gasteiger partial charge in [0.15, 0.2) is 0 Å². The second kappa shape index (κ2) is 5.23. The third-order valence-electron chi connectivity index (χ3n) is 4.80. The zero-order valence-corrected chi connectivity index (χ0v) is 13.2. The SMILES string of the molecule is Brc1c2c(c(CC3CCNCC3)c3c1OCC3)OCC2. The molecule has 0 unspecified atom stereocenters. The van der Waals surface area contributed by atoms with Crippen LogP contribution in [0.15, 0.2) is 4.47 Å². The van der Waals surface area contributed by atoms with Crippen molar-refractivity contribution in [2.24, 2.45) is 5.92 Å². The Morgan fingerprint density at radius 2 is 1.70 bits per heavy atom. The van der Waals surface area contributed by atoms with Crippen molar-refractivity contribution < 1.29 is 9.47 Å². The fourth-order valence-electron chi connectivity index (χ4n) is 3.74. The van der Waals surface area contributed by atoms with E-state index in [2.05, 4.69) is 21.2 Å². The highest BCUT2D eigenvalue weighted by atomic mass is 79.9. The van der Waals surface area contributed by atoms with Gasteiger partial charge in [0.25, 0.3) is 0 Å². The van der Waals surface area contributed by atoms with E-state index in [9.17, 15) is 0 Å². The van der Waals surface area contributed by atoms with Crippen LogP contribution < -0.4 is 14.8 Å². The van der Waals surface area contributed by atoms with Gasteiger partial charge in [-0.15, -0.1) is 0 Å². The maximum Gasteiger partial charge on any atom is 0.137 e. The van der Waals surface area contributed by atoms with Crippen LogP contribution in [0.1, 0.15) is 29.5 Å². The van der Waals surface area contributed by atoms with Crippen molar-refractivity contribution >= 4 is 15.9 Å². The molecule has 0 atom stereocenters. The van der Waals surface area contributed by atoms with Gasteiger partial charge in [-0.1, -0.05) is 0 Å². The number of rotatable bonds is 2. The molecule has 108 valence electrons. The van der Waals surface area contributed by atoms with E-state index in [-0.39, 0.29) is 0 Å². The molecule has 1 aromatic rings. The lowest BCUT2D eigenvalue weighted by Gasteiger charge is -2.24. The van der Waals surface area contributed by atoms with Gasteiger partial charge < -0.3 is 14.8 Å². The van der Waals surface area contributed by atoms with E-state index in [1.54, 1.807) is 0 Å². The van der Waals surface area contributed by atoms with Crippen molar-refractivity contribution in [3.63, 3.8) is 0 Å². The molecule has 1 saturated heterocycles. The Hall–Kier alpha value is -0.740. The summed E-state index contributed by atoms with van der Waals surface area (Å²) in [4.78, 5) is 0. The normalized spacial score (nSPS) is 21.2. The fourth-order valence-corrected chi connectivity index (χ4v) is 4.47. The summed E-state index contributed by atoms with van der Waals surface area (Å²) in [6.07, 6.45) is 5.75. The average Bonchev–Trinajstić information content (AvgIpc) is 3.14. The predicted octanol–water partition coefficient (Wildman–Crippen LogP) is 2.86. The summed E-state index contributed by atoms with van der Waals surface area (Å²) in [6.45, 7) is 3.94. The molecular weight excluding hydrogens is 318 g/mol. The molecule has 0 bridgehead atoms. The molecule has 0 saturated carbocycles. The molecule has 3 nitrogen and oxygen atoms in total. The third-order valence-corrected chi connectivity index (χ3v) is 5.64. The number of hydrogen-bond acceptors (Lipinski definition) is 3. The quantitative estimate of drug-likeness (QED) is 0.900. The minimum atomic E-state index is 0.787. The van der Waals surface area contributed by atoms with Crippen molar-refractivity contribution in [3.8, 4) is 11.5 Å². The van der Waals surface area contributed by atoms with Crippen molar-refractivity contribution in [2.45, 2.75) is 32.1 Å². The summed E-state index contributed by atoms with van der Waals surface area (Å²) in [5.74, 6) is 3.05. The van der Waals surface area contributed by atoms with Gasteiger partial charge in [0.2, 0.25) is 0 Å². The minimum Gasteiger partial charge on any atom is -0.493 e. The number of fused-ring (bicyclic) bond motifs is 2. The first-order valence-corrected chi connectivity index (χ1v) is 8.46. The molecule has 1 aromatic carbocycles. The number of halogens is 1. The van der Waals surface area contributed by atoms with Crippen LogP contribution in [0.2, 0.25) is 0 Å². The van der Waals surface area contributed by atoms with Gasteiger partial charge in [0.05, 0.1) is 17.7 Å². The van der Waals surface area contributed by atoms with Gasteiger partial charge in [-0.25, -0.2) is 0 Å². The van der Waals surface area contributed by atoms with Gasteiger partial charge in [-0.3, -0.25) is 0 Å². The van der Waals surface area contributed by atoms with Crippen LogP contribution in [0, 0.1) is 5.92 Å². The summed E-state index contributed by atoms with van der Waals surface area (Å²) in [7, 11) is 0. The van der Waals surface area contributed by atoms with E-state index in [0.29, 0.717) is 0 Å². The van der Waals surface area contributed by atoms with E-state index in [1.807, 2.05) is 0 Å². The summed E-state index contributed by atoms with van der Waals surface area (Å²) in [6, 6.07) is 0. The molecule has 3 aliphatic rings. The molecule has 1 fully saturated rings. The molecule has 0 spiro atoms. The molecule has 1 N–H and O–H groups in total. The van der Waals surface area contributed by atoms with Crippen LogP contribution >= 0.6 is 15.9 Å². The summed E-state index contributed by atoms with van der Waals surface area (Å²) in [5, 5.41) is 3.45. The van der Waals surface area contributed by atoms with Gasteiger partial charge in [-0.05, 0) is 54.2 Å². The minimum absolute atomic E-state index is 0.787. The van der Waals surface area contributed by atoms with Crippen LogP contribution in [0.25, 0.3) is 0 Å². The lowest BCUT2D eigenvalue weighted by atomic mass is 9.87. The van der Waals surface area contributed by atoms with Crippen molar-refractivity contribution in [2.75, 3.05) is 26.3 Å². The van der Waals surface area contributed by atoms with Gasteiger partial charge in [-0.2, -0.15) is 0 Å². The average molecular weight is 338 g/mol. The zero-order chi connectivity index (χ0) is 13.5. The maximum atomic E-state index is 5.98. The zero-order valence-electron chi connectivity index (χ0n) is 11.6. The van der Waals surface area contributed by atoms with E-state index in [0.717, 1.165) is 61.7 Å². The highest BCUT2D eigenvalue weighted by molar-refractivity contribution is 9.10. The largest absolute Gasteiger partial charge is 0.493 e. The van der Waals surface area contributed by atoms with Crippen molar-refractivity contribution in [1.29, 1.82) is 0 Å². The Labute approximate surface area is 128 Å². The van der Waals surface area contributed by atoms with Crippen LogP contribution in [-0.4, -0.2) is 26.3 Å². The Balaban J connectivity index is 1.74. The first-order valence-electron chi connectivity index (χ1n) is 7.67. The fraction of sp³-hybridized carbons (Fsp3) is 0.625. The van der Waals surface area contributed by atoms with E-state index >= 15 is 0 Å². The van der Waals surface area contributed by atoms with E-state index in [4.69, 9.17) is 9.47 Å². The number of hydrogen-bond donors (Lipinski definition) is 1. The Bertz CT molecular complexity index is 503. The standard InChI is InChI=1S/C16H20BrNO2/c17-14-12-4-8-19-15(12)13(11-3-7-20-16(11)14)9-10-1-5-18-6-2-10/h10,18H,1-9H2. The van der Waals surface area contributed by atoms with Crippen LogP contribution in [-0.2, 0) is 19.3 Å². The van der Waals surface area contributed by atoms with Crippen LogP contribution in [0.3, 0.4) is 0 Å². The highest BCUT2D eigenvalue weighted by Gasteiger charge is 2.31. The smallest absolute Gasteiger partial charge is 0.137 e. The van der Waals surface area contributed by atoms with E-state index < -0.39 is 0 Å². The molecule has 4 heteroatoms. The molecule has 3 aliphatic heterocycles. The Morgan fingerprint density at radius 3 is 2.50 bits per heavy atom. The molecule has 4 rings (SSSR count). The molecule has 0 aliphatic carbocycles. The number of piperidine rings is 1. The van der Waals surface area contributed by atoms with Crippen molar-refractivity contribution in [1.82, 2.24) is 5.32 Å². The lowest BCUT2D eigenvalue weighted by Crippen LogP contribution is -2.28. The monoisotopic (exact) mass is 337 g/mol.